The third-order valence-corrected chi connectivity index (χ3v) is 16.0. The van der Waals surface area contributed by atoms with Gasteiger partial charge in [0.05, 0.1) is 22.4 Å². The summed E-state index contributed by atoms with van der Waals surface area (Å²) in [6, 6.07) is 68.9. The van der Waals surface area contributed by atoms with Crippen LogP contribution >= 0.6 is 11.8 Å². The lowest BCUT2D eigenvalue weighted by molar-refractivity contribution is 0.660. The summed E-state index contributed by atoms with van der Waals surface area (Å²) in [7, 11) is 0. The number of benzene rings is 10. The van der Waals surface area contributed by atoms with E-state index >= 15 is 0 Å². The monoisotopic (exact) mass is 822 g/mol. The second-order valence-electron chi connectivity index (χ2n) is 18.9. The van der Waals surface area contributed by atoms with E-state index in [0.29, 0.717) is 0 Å². The summed E-state index contributed by atoms with van der Waals surface area (Å²) in [6.07, 6.45) is 0. The lowest BCUT2D eigenvalue weighted by Gasteiger charge is -2.34. The molecule has 2 heterocycles. The molecule has 0 spiro atoms. The first-order valence-corrected chi connectivity index (χ1v) is 23.0. The molecule has 0 unspecified atom stereocenters. The zero-order valence-corrected chi connectivity index (χ0v) is 36.4. The van der Waals surface area contributed by atoms with Crippen LogP contribution in [0.5, 0.6) is 0 Å². The largest absolute Gasteiger partial charge is 0.309 e. The summed E-state index contributed by atoms with van der Waals surface area (Å²) in [6.45, 7) is 9.60. The molecule has 1 aromatic heterocycles. The molecule has 1 aliphatic heterocycles. The highest BCUT2D eigenvalue weighted by molar-refractivity contribution is 7.99. The lowest BCUT2D eigenvalue weighted by Crippen LogP contribution is -2.19. The Kier molecular flexibility index (Phi) is 6.94. The van der Waals surface area contributed by atoms with Crippen LogP contribution in [0.2, 0.25) is 0 Å². The zero-order chi connectivity index (χ0) is 41.9. The zero-order valence-electron chi connectivity index (χ0n) is 35.6. The fraction of sp³-hybridized carbons (Fsp3) is 0.100. The smallest absolute Gasteiger partial charge is 0.0605 e. The molecular formula is C60H42N2S. The van der Waals surface area contributed by atoms with Gasteiger partial charge in [-0.15, -0.1) is 0 Å². The maximum Gasteiger partial charge on any atom is 0.0605 e. The van der Waals surface area contributed by atoms with E-state index in [9.17, 15) is 0 Å². The molecule has 2 nitrogen and oxygen atoms in total. The van der Waals surface area contributed by atoms with Gasteiger partial charge >= 0.3 is 0 Å². The van der Waals surface area contributed by atoms with Gasteiger partial charge in [0.1, 0.15) is 0 Å². The van der Waals surface area contributed by atoms with E-state index in [1.54, 1.807) is 0 Å². The predicted molar refractivity (Wildman–Crippen MR) is 267 cm³/mol. The third-order valence-electron chi connectivity index (χ3n) is 14.9. The fourth-order valence-corrected chi connectivity index (χ4v) is 12.9. The standard InChI is InChI=1S/C60H42N2S/c1-59(2)49-24-11-9-22-41(49)45-30-48-42-23-10-12-25-53(42)61(55(48)33-51(45)59)35-16-15-17-36(28-35)62-54-26-13-14-27-57(54)63-58-32-47-46-29-43-39-20-7-5-18-37(39)38-19-6-8-21-40(38)44(43)31-50(46)60(3,4)52(47)34-56(58)62/h5-34H,1-4H3. The van der Waals surface area contributed by atoms with Crippen molar-refractivity contribution in [3.8, 4) is 27.9 Å². The van der Waals surface area contributed by atoms with Crippen LogP contribution in [0, 0.1) is 0 Å². The Balaban J connectivity index is 0.968. The van der Waals surface area contributed by atoms with E-state index in [1.165, 1.54) is 120 Å². The van der Waals surface area contributed by atoms with E-state index in [-0.39, 0.29) is 10.8 Å². The molecule has 14 rings (SSSR count). The van der Waals surface area contributed by atoms with Crippen LogP contribution in [0.25, 0.3) is 82.1 Å². The van der Waals surface area contributed by atoms with E-state index in [2.05, 4.69) is 219 Å². The van der Waals surface area contributed by atoms with Crippen LogP contribution in [0.4, 0.5) is 17.1 Å². The molecule has 10 aromatic carbocycles. The molecule has 298 valence electrons. The molecule has 0 N–H and O–H groups in total. The van der Waals surface area contributed by atoms with Gasteiger partial charge in [0.2, 0.25) is 0 Å². The van der Waals surface area contributed by atoms with E-state index in [1.807, 2.05) is 11.8 Å². The van der Waals surface area contributed by atoms with Crippen LogP contribution in [0.1, 0.15) is 49.9 Å². The molecule has 3 heteroatoms. The molecule has 0 fully saturated rings. The quantitative estimate of drug-likeness (QED) is 0.161. The number of aromatic nitrogens is 1. The van der Waals surface area contributed by atoms with E-state index < -0.39 is 0 Å². The van der Waals surface area contributed by atoms with Gasteiger partial charge in [0.15, 0.2) is 0 Å². The highest BCUT2D eigenvalue weighted by Gasteiger charge is 2.40. The second kappa shape index (κ2) is 12.3. The maximum absolute atomic E-state index is 2.52. The Hall–Kier alpha value is -7.07. The minimum absolute atomic E-state index is 0.0931. The second-order valence-corrected chi connectivity index (χ2v) is 20.0. The van der Waals surface area contributed by atoms with Gasteiger partial charge in [-0.1, -0.05) is 149 Å². The molecular weight excluding hydrogens is 781 g/mol. The first kappa shape index (κ1) is 35.5. The minimum Gasteiger partial charge on any atom is -0.309 e. The third kappa shape index (κ3) is 4.65. The van der Waals surface area contributed by atoms with Crippen molar-refractivity contribution in [1.29, 1.82) is 0 Å². The molecule has 11 aromatic rings. The molecule has 0 radical (unpaired) electrons. The fourth-order valence-electron chi connectivity index (χ4n) is 11.9. The summed E-state index contributed by atoms with van der Waals surface area (Å²) < 4.78 is 2.50. The van der Waals surface area contributed by atoms with Crippen LogP contribution in [-0.2, 0) is 10.8 Å². The summed E-state index contributed by atoms with van der Waals surface area (Å²) >= 11 is 1.89. The maximum atomic E-state index is 2.52. The normalized spacial score (nSPS) is 15.1. The number of fused-ring (bicyclic) bond motifs is 17. The molecule has 0 bridgehead atoms. The Bertz CT molecular complexity index is 3850. The minimum atomic E-state index is -0.202. The van der Waals surface area contributed by atoms with Crippen molar-refractivity contribution in [1.82, 2.24) is 4.57 Å². The molecule has 3 aliphatic rings. The number of hydrogen-bond donors (Lipinski definition) is 0. The summed E-state index contributed by atoms with van der Waals surface area (Å²) in [4.78, 5) is 5.06. The molecule has 2 aliphatic carbocycles. The van der Waals surface area contributed by atoms with Gasteiger partial charge in [0, 0.05) is 42.8 Å². The predicted octanol–water partition coefficient (Wildman–Crippen LogP) is 16.8. The molecule has 0 atom stereocenters. The Labute approximate surface area is 371 Å². The van der Waals surface area contributed by atoms with Gasteiger partial charge < -0.3 is 9.47 Å². The topological polar surface area (TPSA) is 8.17 Å². The lowest BCUT2D eigenvalue weighted by atomic mass is 9.81. The average molecular weight is 823 g/mol. The number of para-hydroxylation sites is 2. The molecule has 63 heavy (non-hydrogen) atoms. The first-order valence-electron chi connectivity index (χ1n) is 22.2. The van der Waals surface area contributed by atoms with Crippen molar-refractivity contribution in [3.05, 3.63) is 204 Å². The van der Waals surface area contributed by atoms with Crippen molar-refractivity contribution in [2.75, 3.05) is 4.90 Å². The number of anilines is 3. The van der Waals surface area contributed by atoms with Crippen LogP contribution in [-0.4, -0.2) is 4.57 Å². The number of rotatable bonds is 2. The van der Waals surface area contributed by atoms with Crippen LogP contribution < -0.4 is 4.90 Å². The van der Waals surface area contributed by atoms with Gasteiger partial charge in [-0.2, -0.15) is 0 Å². The summed E-state index contributed by atoms with van der Waals surface area (Å²) in [5.74, 6) is 0. The van der Waals surface area contributed by atoms with Crippen molar-refractivity contribution >= 4 is 82.9 Å². The Morgan fingerprint density at radius 1 is 0.333 bits per heavy atom. The van der Waals surface area contributed by atoms with Crippen LogP contribution in [0.3, 0.4) is 0 Å². The number of hydrogen-bond acceptors (Lipinski definition) is 2. The average Bonchev–Trinajstić information content (AvgIpc) is 3.84. The van der Waals surface area contributed by atoms with E-state index in [4.69, 9.17) is 0 Å². The van der Waals surface area contributed by atoms with Crippen molar-refractivity contribution in [2.45, 2.75) is 48.3 Å². The van der Waals surface area contributed by atoms with Crippen molar-refractivity contribution < 1.29 is 0 Å². The molecule has 0 saturated heterocycles. The van der Waals surface area contributed by atoms with Gasteiger partial charge in [-0.05, 0) is 150 Å². The van der Waals surface area contributed by atoms with Crippen molar-refractivity contribution in [3.63, 3.8) is 0 Å². The Morgan fingerprint density at radius 3 is 1.68 bits per heavy atom. The Morgan fingerprint density at radius 2 is 0.889 bits per heavy atom. The summed E-state index contributed by atoms with van der Waals surface area (Å²) in [5.41, 5.74) is 17.9. The SMILES string of the molecule is CC1(C)c2cc3c(cc2-c2cc4c5ccccc5c5ccccc5c4cc21)Sc1ccccc1N3c1cccc(-n2c3ccccc3c3cc4c(cc32)C(C)(C)c2ccccc2-4)c1. The highest BCUT2D eigenvalue weighted by atomic mass is 32.2. The first-order chi connectivity index (χ1) is 30.8. The van der Waals surface area contributed by atoms with Crippen LogP contribution in [0.15, 0.2) is 192 Å². The van der Waals surface area contributed by atoms with Gasteiger partial charge in [-0.25, -0.2) is 0 Å². The van der Waals surface area contributed by atoms with Gasteiger partial charge in [-0.3, -0.25) is 0 Å². The highest BCUT2D eigenvalue weighted by Crippen LogP contribution is 2.59. The van der Waals surface area contributed by atoms with E-state index in [0.717, 1.165) is 11.4 Å². The summed E-state index contributed by atoms with van der Waals surface area (Å²) in [5, 5.41) is 10.5. The molecule has 0 amide bonds. The van der Waals surface area contributed by atoms with Gasteiger partial charge in [0.25, 0.3) is 0 Å². The van der Waals surface area contributed by atoms with Crippen molar-refractivity contribution in [2.24, 2.45) is 0 Å². The molecule has 0 saturated carbocycles. The number of nitrogens with zero attached hydrogens (tertiary/aromatic N) is 2.